The van der Waals surface area contributed by atoms with Crippen molar-refractivity contribution in [1.82, 2.24) is 4.98 Å². The molecule has 1 aliphatic heterocycles. The summed E-state index contributed by atoms with van der Waals surface area (Å²) in [5.74, 6) is 1.04. The van der Waals surface area contributed by atoms with Gasteiger partial charge in [0.2, 0.25) is 0 Å². The third kappa shape index (κ3) is 2.61. The van der Waals surface area contributed by atoms with Crippen molar-refractivity contribution in [3.05, 3.63) is 33.8 Å². The largest absolute Gasteiger partial charge is 0.453 e. The number of benzene rings is 1. The Morgan fingerprint density at radius 2 is 1.95 bits per heavy atom. The number of aryl methyl sites for hydroxylation is 1. The van der Waals surface area contributed by atoms with Gasteiger partial charge in [0, 0.05) is 36.9 Å². The van der Waals surface area contributed by atoms with E-state index in [9.17, 15) is 0 Å². The molecule has 0 fully saturated rings. The van der Waals surface area contributed by atoms with Crippen molar-refractivity contribution in [2.75, 3.05) is 13.1 Å². The van der Waals surface area contributed by atoms with Crippen molar-refractivity contribution in [2.45, 2.75) is 27.7 Å². The van der Waals surface area contributed by atoms with Crippen LogP contribution in [0, 0.1) is 12.8 Å². The molecule has 0 spiro atoms. The molecule has 0 aromatic carbocycles. The highest BCUT2D eigenvalue weighted by Crippen LogP contribution is 2.15. The molecule has 0 radical (unpaired) electrons. The predicted octanol–water partition coefficient (Wildman–Crippen LogP) is 1.68. The van der Waals surface area contributed by atoms with E-state index in [0.717, 1.165) is 51.9 Å². The van der Waals surface area contributed by atoms with Crippen molar-refractivity contribution < 1.29 is 4.42 Å². The van der Waals surface area contributed by atoms with Crippen molar-refractivity contribution in [3.63, 3.8) is 0 Å². The molecular formula is C18H21N3O. The minimum absolute atomic E-state index is 0.267. The third-order valence-corrected chi connectivity index (χ3v) is 3.81. The first-order valence-corrected chi connectivity index (χ1v) is 7.82. The number of fused-ring (bicyclic) bond motifs is 2. The molecule has 0 aromatic heterocycles. The second kappa shape index (κ2) is 5.87. The summed E-state index contributed by atoms with van der Waals surface area (Å²) < 4.78 is 6.06. The molecule has 0 saturated carbocycles. The van der Waals surface area contributed by atoms with Gasteiger partial charge in [0.05, 0.1) is 5.36 Å². The van der Waals surface area contributed by atoms with E-state index in [0.29, 0.717) is 0 Å². The zero-order chi connectivity index (χ0) is 15.7. The SMILES string of the molecule is CCN=C1C=c2oc3cc(=NCC)c(C)cc-3nc2=CC1C. The fourth-order valence-corrected chi connectivity index (χ4v) is 2.71. The lowest BCUT2D eigenvalue weighted by atomic mass is 10.0. The lowest BCUT2D eigenvalue weighted by Gasteiger charge is -2.13. The molecule has 4 heteroatoms. The van der Waals surface area contributed by atoms with E-state index in [2.05, 4.69) is 29.9 Å². The Morgan fingerprint density at radius 1 is 1.18 bits per heavy atom. The molecule has 0 amide bonds. The van der Waals surface area contributed by atoms with Crippen LogP contribution in [0.25, 0.3) is 23.6 Å². The summed E-state index contributed by atoms with van der Waals surface area (Å²) in [5, 5.41) is 1.87. The van der Waals surface area contributed by atoms with Crippen molar-refractivity contribution >= 4 is 17.9 Å². The Kier molecular flexibility index (Phi) is 3.92. The Balaban J connectivity index is 2.30. The van der Waals surface area contributed by atoms with Crippen LogP contribution in [-0.4, -0.2) is 23.8 Å². The number of hydrogen-bond donors (Lipinski definition) is 0. The molecule has 0 bridgehead atoms. The van der Waals surface area contributed by atoms with Gasteiger partial charge in [0.25, 0.3) is 0 Å². The summed E-state index contributed by atoms with van der Waals surface area (Å²) >= 11 is 0. The molecule has 0 N–H and O–H groups in total. The van der Waals surface area contributed by atoms with Crippen LogP contribution in [0.1, 0.15) is 26.3 Å². The molecular weight excluding hydrogens is 274 g/mol. The first-order chi connectivity index (χ1) is 10.6. The van der Waals surface area contributed by atoms with E-state index in [-0.39, 0.29) is 5.92 Å². The number of hydrogen-bond acceptors (Lipinski definition) is 4. The average Bonchev–Trinajstić information content (AvgIpc) is 2.48. The number of rotatable bonds is 2. The van der Waals surface area contributed by atoms with Crippen LogP contribution >= 0.6 is 0 Å². The zero-order valence-electron chi connectivity index (χ0n) is 13.6. The monoisotopic (exact) mass is 295 g/mol. The molecule has 1 atom stereocenters. The van der Waals surface area contributed by atoms with Gasteiger partial charge in [-0.2, -0.15) is 0 Å². The standard InChI is InChI=1S/C18H21N3O/c1-5-19-13-9-17-15(7-11(13)3)21-16-8-12(4)14(20-6-2)10-18(16)22-17/h7-11H,5-6H2,1-4H3. The van der Waals surface area contributed by atoms with Crippen LogP contribution in [0.2, 0.25) is 0 Å². The Hall–Kier alpha value is -2.23. The molecule has 22 heavy (non-hydrogen) atoms. The van der Waals surface area contributed by atoms with E-state index in [1.54, 1.807) is 0 Å². The second-order valence-electron chi connectivity index (χ2n) is 5.54. The highest BCUT2D eigenvalue weighted by atomic mass is 16.3. The van der Waals surface area contributed by atoms with Gasteiger partial charge >= 0.3 is 0 Å². The van der Waals surface area contributed by atoms with Crippen molar-refractivity contribution in [3.8, 4) is 11.5 Å². The van der Waals surface area contributed by atoms with Crippen LogP contribution in [-0.2, 0) is 0 Å². The molecule has 114 valence electrons. The van der Waals surface area contributed by atoms with Crippen LogP contribution < -0.4 is 16.1 Å². The summed E-state index contributed by atoms with van der Waals surface area (Å²) in [4.78, 5) is 13.8. The first kappa shape index (κ1) is 14.7. The van der Waals surface area contributed by atoms with Gasteiger partial charge in [-0.3, -0.25) is 9.98 Å². The minimum atomic E-state index is 0.267. The van der Waals surface area contributed by atoms with Gasteiger partial charge in [-0.15, -0.1) is 0 Å². The summed E-state index contributed by atoms with van der Waals surface area (Å²) in [6.07, 6.45) is 4.12. The Bertz CT molecular complexity index is 890. The quantitative estimate of drug-likeness (QED) is 0.846. The number of aromatic nitrogens is 1. The van der Waals surface area contributed by atoms with Crippen molar-refractivity contribution in [2.24, 2.45) is 15.9 Å². The smallest absolute Gasteiger partial charge is 0.155 e. The van der Waals surface area contributed by atoms with Crippen LogP contribution in [0.5, 0.6) is 0 Å². The van der Waals surface area contributed by atoms with E-state index in [1.807, 2.05) is 32.1 Å². The van der Waals surface area contributed by atoms with Gasteiger partial charge < -0.3 is 4.42 Å². The molecule has 4 nitrogen and oxygen atoms in total. The average molecular weight is 295 g/mol. The van der Waals surface area contributed by atoms with E-state index >= 15 is 0 Å². The van der Waals surface area contributed by atoms with Crippen LogP contribution in [0.3, 0.4) is 0 Å². The summed E-state index contributed by atoms with van der Waals surface area (Å²) in [6, 6.07) is 4.02. The Morgan fingerprint density at radius 3 is 2.68 bits per heavy atom. The first-order valence-electron chi connectivity index (χ1n) is 7.82. The molecule has 0 saturated heterocycles. The minimum Gasteiger partial charge on any atom is -0.453 e. The van der Waals surface area contributed by atoms with Gasteiger partial charge in [0.1, 0.15) is 11.0 Å². The van der Waals surface area contributed by atoms with Crippen molar-refractivity contribution in [1.29, 1.82) is 0 Å². The van der Waals surface area contributed by atoms with Gasteiger partial charge in [0.15, 0.2) is 11.2 Å². The second-order valence-corrected chi connectivity index (χ2v) is 5.54. The molecule has 1 heterocycles. The number of nitrogens with zero attached hydrogens (tertiary/aromatic N) is 3. The fraction of sp³-hybridized carbons (Fsp3) is 0.389. The molecule has 3 rings (SSSR count). The normalized spacial score (nSPS) is 19.9. The summed E-state index contributed by atoms with van der Waals surface area (Å²) in [6.45, 7) is 9.80. The maximum Gasteiger partial charge on any atom is 0.155 e. The van der Waals surface area contributed by atoms with Crippen LogP contribution in [0.4, 0.5) is 0 Å². The summed E-state index contributed by atoms with van der Waals surface area (Å²) in [7, 11) is 0. The highest BCUT2D eigenvalue weighted by Gasteiger charge is 2.14. The highest BCUT2D eigenvalue weighted by molar-refractivity contribution is 6.14. The fourth-order valence-electron chi connectivity index (χ4n) is 2.71. The van der Waals surface area contributed by atoms with Gasteiger partial charge in [-0.25, -0.2) is 4.98 Å². The summed E-state index contributed by atoms with van der Waals surface area (Å²) in [5.41, 5.74) is 3.83. The maximum absolute atomic E-state index is 6.06. The molecule has 3 aliphatic rings. The predicted molar refractivity (Wildman–Crippen MR) is 89.3 cm³/mol. The van der Waals surface area contributed by atoms with E-state index in [1.165, 1.54) is 0 Å². The molecule has 2 aliphatic carbocycles. The Labute approximate surface area is 130 Å². The van der Waals surface area contributed by atoms with E-state index in [4.69, 9.17) is 9.40 Å². The van der Waals surface area contributed by atoms with Crippen LogP contribution in [0.15, 0.2) is 26.5 Å². The molecule has 1 unspecified atom stereocenters. The van der Waals surface area contributed by atoms with Gasteiger partial charge in [-0.1, -0.05) is 6.92 Å². The molecule has 0 aromatic rings. The third-order valence-electron chi connectivity index (χ3n) is 3.81. The lowest BCUT2D eigenvalue weighted by molar-refractivity contribution is 0.512. The topological polar surface area (TPSA) is 50.8 Å². The van der Waals surface area contributed by atoms with E-state index < -0.39 is 0 Å². The zero-order valence-corrected chi connectivity index (χ0v) is 13.6. The number of aliphatic imine (C=N–C) groups is 1. The lowest BCUT2D eigenvalue weighted by Crippen LogP contribution is -2.36. The maximum atomic E-state index is 6.06. The van der Waals surface area contributed by atoms with Gasteiger partial charge in [-0.05, 0) is 38.5 Å².